The van der Waals surface area contributed by atoms with Crippen molar-refractivity contribution in [1.82, 2.24) is 19.6 Å². The van der Waals surface area contributed by atoms with Crippen molar-refractivity contribution in [3.63, 3.8) is 0 Å². The zero-order valence-electron chi connectivity index (χ0n) is 30.1. The number of nitrogen functional groups attached to an aromatic ring is 1. The Morgan fingerprint density at radius 3 is 1.58 bits per heavy atom. The third-order valence-corrected chi connectivity index (χ3v) is 10.9. The van der Waals surface area contributed by atoms with Crippen molar-refractivity contribution in [3.05, 3.63) is 70.0 Å². The van der Waals surface area contributed by atoms with Gasteiger partial charge in [0.05, 0.1) is 34.8 Å². The maximum atomic E-state index is 11.1. The van der Waals surface area contributed by atoms with Gasteiger partial charge in [0.1, 0.15) is 11.5 Å². The second-order valence-electron chi connectivity index (χ2n) is 14.3. The molecule has 0 amide bonds. The summed E-state index contributed by atoms with van der Waals surface area (Å²) in [5, 5.41) is 19.6. The Hall–Kier alpha value is -3.99. The van der Waals surface area contributed by atoms with Gasteiger partial charge < -0.3 is 24.7 Å². The van der Waals surface area contributed by atoms with E-state index in [1.54, 1.807) is 16.9 Å². The third kappa shape index (κ3) is 11.6. The molecule has 48 heavy (non-hydrogen) atoms. The van der Waals surface area contributed by atoms with Crippen LogP contribution in [-0.2, 0) is 23.6 Å². The number of benzene rings is 2. The van der Waals surface area contributed by atoms with Crippen LogP contribution in [0.25, 0.3) is 22.5 Å². The number of ether oxygens (including phenoxy) is 4. The Morgan fingerprint density at radius 2 is 1.19 bits per heavy atom. The predicted molar refractivity (Wildman–Crippen MR) is 197 cm³/mol. The number of hydrogen-bond donors (Lipinski definition) is 1. The molecule has 2 heterocycles. The van der Waals surface area contributed by atoms with Crippen LogP contribution in [0, 0.1) is 24.0 Å². The van der Waals surface area contributed by atoms with Crippen LogP contribution < -0.4 is 15.2 Å². The van der Waals surface area contributed by atoms with E-state index in [9.17, 15) is 10.1 Å². The maximum Gasteiger partial charge on any atom is 0.273 e. The van der Waals surface area contributed by atoms with Crippen LogP contribution in [0.2, 0.25) is 51.4 Å². The molecular formula is C34H52N6O6Si2. The van der Waals surface area contributed by atoms with Crippen LogP contribution in [0.4, 0.5) is 11.4 Å². The van der Waals surface area contributed by atoms with Gasteiger partial charge in [0.15, 0.2) is 13.6 Å². The number of nitro benzene ring substituents is 1. The van der Waals surface area contributed by atoms with Gasteiger partial charge in [-0.15, -0.1) is 0 Å². The number of aryl methyl sites for hydroxylation is 4. The second kappa shape index (κ2) is 16.9. The highest BCUT2D eigenvalue weighted by molar-refractivity contribution is 6.76. The zero-order valence-corrected chi connectivity index (χ0v) is 32.1. The molecule has 0 saturated heterocycles. The number of anilines is 1. The summed E-state index contributed by atoms with van der Waals surface area (Å²) in [6.45, 7) is 19.5. The molecule has 0 aliphatic heterocycles. The van der Waals surface area contributed by atoms with E-state index in [1.165, 1.54) is 12.1 Å². The normalized spacial score (nSPS) is 11.6. The van der Waals surface area contributed by atoms with Gasteiger partial charge in [-0.25, -0.2) is 0 Å². The Balaban J connectivity index is 0.000000261. The Labute approximate surface area is 286 Å². The molecule has 12 nitrogen and oxygen atoms in total. The summed E-state index contributed by atoms with van der Waals surface area (Å²) in [4.78, 5) is 10.6. The van der Waals surface area contributed by atoms with Gasteiger partial charge in [0.2, 0.25) is 0 Å². The van der Waals surface area contributed by atoms with Gasteiger partial charge in [-0.05, 0) is 55.3 Å². The van der Waals surface area contributed by atoms with Crippen molar-refractivity contribution in [2.24, 2.45) is 14.1 Å². The Kier molecular flexibility index (Phi) is 13.5. The fourth-order valence-electron chi connectivity index (χ4n) is 4.75. The average Bonchev–Trinajstić information content (AvgIpc) is 3.50. The lowest BCUT2D eigenvalue weighted by atomic mass is 10.1. The van der Waals surface area contributed by atoms with Crippen LogP contribution in [0.5, 0.6) is 11.5 Å². The summed E-state index contributed by atoms with van der Waals surface area (Å²) >= 11 is 0. The summed E-state index contributed by atoms with van der Waals surface area (Å²) in [6, 6.07) is 12.4. The lowest BCUT2D eigenvalue weighted by Gasteiger charge is -2.17. The maximum absolute atomic E-state index is 11.1. The summed E-state index contributed by atoms with van der Waals surface area (Å²) in [5.41, 5.74) is 12.3. The van der Waals surface area contributed by atoms with Crippen LogP contribution in [-0.4, -0.2) is 67.4 Å². The van der Waals surface area contributed by atoms with E-state index < -0.39 is 21.1 Å². The molecule has 0 atom stereocenters. The first-order valence-electron chi connectivity index (χ1n) is 16.0. The number of non-ortho nitro benzene ring substituents is 1. The molecule has 0 aliphatic carbocycles. The van der Waals surface area contributed by atoms with E-state index in [0.717, 1.165) is 58.1 Å². The van der Waals surface area contributed by atoms with Crippen molar-refractivity contribution < 1.29 is 23.9 Å². The van der Waals surface area contributed by atoms with E-state index in [4.69, 9.17) is 24.7 Å². The van der Waals surface area contributed by atoms with Crippen molar-refractivity contribution in [1.29, 1.82) is 0 Å². The summed E-state index contributed by atoms with van der Waals surface area (Å²) < 4.78 is 26.3. The predicted octanol–water partition coefficient (Wildman–Crippen LogP) is 7.66. The average molecular weight is 697 g/mol. The monoisotopic (exact) mass is 696 g/mol. The lowest BCUT2D eigenvalue weighted by molar-refractivity contribution is -0.384. The van der Waals surface area contributed by atoms with Gasteiger partial charge in [-0.3, -0.25) is 19.5 Å². The minimum absolute atomic E-state index is 0.0133. The van der Waals surface area contributed by atoms with E-state index in [-0.39, 0.29) is 19.3 Å². The lowest BCUT2D eigenvalue weighted by Crippen LogP contribution is -2.22. The van der Waals surface area contributed by atoms with Crippen LogP contribution in [0.1, 0.15) is 11.1 Å². The molecule has 0 aliphatic rings. The Bertz CT molecular complexity index is 1620. The number of rotatable bonds is 15. The number of aromatic nitrogens is 4. The van der Waals surface area contributed by atoms with E-state index in [2.05, 4.69) is 49.5 Å². The first-order valence-corrected chi connectivity index (χ1v) is 23.5. The first kappa shape index (κ1) is 38.5. The molecule has 2 N–H and O–H groups in total. The summed E-state index contributed by atoms with van der Waals surface area (Å²) in [5.74, 6) is 1.15. The molecule has 2 aromatic heterocycles. The molecule has 2 aromatic carbocycles. The molecular weight excluding hydrogens is 645 g/mol. The molecule has 0 bridgehead atoms. The molecule has 262 valence electrons. The quantitative estimate of drug-likeness (QED) is 0.0331. The summed E-state index contributed by atoms with van der Waals surface area (Å²) in [6.07, 6.45) is 3.60. The van der Waals surface area contributed by atoms with Crippen molar-refractivity contribution >= 4 is 27.5 Å². The highest BCUT2D eigenvalue weighted by Crippen LogP contribution is 2.35. The van der Waals surface area contributed by atoms with Crippen molar-refractivity contribution in [3.8, 4) is 34.0 Å². The van der Waals surface area contributed by atoms with Crippen LogP contribution >= 0.6 is 0 Å². The second-order valence-corrected chi connectivity index (χ2v) is 25.5. The number of nitro groups is 1. The van der Waals surface area contributed by atoms with E-state index in [0.29, 0.717) is 18.0 Å². The number of nitrogens with zero attached hydrogens (tertiary/aromatic N) is 5. The first-order chi connectivity index (χ1) is 22.5. The molecule has 4 rings (SSSR count). The molecule has 0 fully saturated rings. The molecule has 0 radical (unpaired) electrons. The molecule has 0 spiro atoms. The minimum Gasteiger partial charge on any atom is -0.467 e. The van der Waals surface area contributed by atoms with Gasteiger partial charge >= 0.3 is 0 Å². The largest absolute Gasteiger partial charge is 0.467 e. The van der Waals surface area contributed by atoms with E-state index in [1.807, 2.05) is 57.0 Å². The van der Waals surface area contributed by atoms with Crippen molar-refractivity contribution in [2.75, 3.05) is 32.5 Å². The standard InChI is InChI=1S/C17H25N3O4Si.C17H27N3O2Si/c1-13-11-18-19(2)17(13)15-7-6-14(20(21)22)10-16(15)24-12-23-8-9-25(3,4)5;1-13-11-19-20(2)17(13)15-7-6-14(18)10-16(15)22-12-21-8-9-23(3,4)5/h6-7,10-11H,8-9,12H2,1-5H3;6-7,10-11H,8-9,12,18H2,1-5H3. The van der Waals surface area contributed by atoms with Gasteiger partial charge in [0.25, 0.3) is 5.69 Å². The fraction of sp³-hybridized carbons (Fsp3) is 0.471. The van der Waals surface area contributed by atoms with Crippen molar-refractivity contribution in [2.45, 2.75) is 65.2 Å². The third-order valence-electron chi connectivity index (χ3n) is 7.52. The molecule has 4 aromatic rings. The van der Waals surface area contributed by atoms with Gasteiger partial charge in [-0.2, -0.15) is 10.2 Å². The fourth-order valence-corrected chi connectivity index (χ4v) is 6.26. The van der Waals surface area contributed by atoms with Crippen LogP contribution in [0.3, 0.4) is 0 Å². The highest BCUT2D eigenvalue weighted by Gasteiger charge is 2.19. The van der Waals surface area contributed by atoms with Gasteiger partial charge in [-0.1, -0.05) is 39.3 Å². The molecule has 0 saturated carbocycles. The Morgan fingerprint density at radius 1 is 0.750 bits per heavy atom. The minimum atomic E-state index is -1.16. The van der Waals surface area contributed by atoms with Gasteiger partial charge in [0, 0.05) is 72.4 Å². The SMILES string of the molecule is Cc1cnn(C)c1-c1ccc(N)cc1OCOCC[Si](C)(C)C.Cc1cnn(C)c1-c1ccc([N+](=O)[O-])cc1OCOCC[Si](C)(C)C. The van der Waals surface area contributed by atoms with E-state index >= 15 is 0 Å². The summed E-state index contributed by atoms with van der Waals surface area (Å²) in [7, 11) is 1.52. The van der Waals surface area contributed by atoms with Crippen LogP contribution in [0.15, 0.2) is 48.8 Å². The molecule has 0 unspecified atom stereocenters. The smallest absolute Gasteiger partial charge is 0.273 e. The zero-order chi connectivity index (χ0) is 35.6. The topological polar surface area (TPSA) is 142 Å². The molecule has 14 heteroatoms. The highest BCUT2D eigenvalue weighted by atomic mass is 28.3. The number of hydrogen-bond acceptors (Lipinski definition) is 9. The number of nitrogens with two attached hydrogens (primary N) is 1.